The summed E-state index contributed by atoms with van der Waals surface area (Å²) >= 11 is 0. The average molecular weight is 245 g/mol. The molecule has 0 aliphatic rings. The summed E-state index contributed by atoms with van der Waals surface area (Å²) < 4.78 is 13.1. The Kier molecular flexibility index (Phi) is 2.19. The number of fused-ring (bicyclic) bond motifs is 1. The summed E-state index contributed by atoms with van der Waals surface area (Å²) in [5.74, 6) is -0.0275. The van der Waals surface area contributed by atoms with Crippen LogP contribution in [0.15, 0.2) is 23.3 Å². The second kappa shape index (κ2) is 3.73. The number of halogens is 1. The molecule has 90 valence electrons. The van der Waals surface area contributed by atoms with Gasteiger partial charge in [0.2, 0.25) is 0 Å². The number of rotatable bonds is 1. The fourth-order valence-corrected chi connectivity index (χ4v) is 1.73. The van der Waals surface area contributed by atoms with Gasteiger partial charge in [0, 0.05) is 17.5 Å². The molecule has 0 saturated heterocycles. The third-order valence-corrected chi connectivity index (χ3v) is 2.54. The van der Waals surface area contributed by atoms with Crippen molar-refractivity contribution in [2.75, 3.05) is 0 Å². The highest BCUT2D eigenvalue weighted by Crippen LogP contribution is 2.19. The zero-order valence-corrected chi connectivity index (χ0v) is 9.36. The molecular formula is C11H8FN5O. The molecule has 0 bridgehead atoms. The molecule has 3 aromatic rings. The molecule has 0 unspecified atom stereocenters. The maximum Gasteiger partial charge on any atom is 0.347 e. The summed E-state index contributed by atoms with van der Waals surface area (Å²) in [5, 5.41) is 0. The number of nitrogens with one attached hydrogen (secondary N) is 2. The lowest BCUT2D eigenvalue weighted by Gasteiger charge is -1.94. The molecular weight excluding hydrogens is 237 g/mol. The number of aromatic amines is 2. The van der Waals surface area contributed by atoms with Gasteiger partial charge in [0.25, 0.3) is 0 Å². The van der Waals surface area contributed by atoms with Crippen molar-refractivity contribution in [1.29, 1.82) is 0 Å². The first-order valence-electron chi connectivity index (χ1n) is 5.21. The Hall–Kier alpha value is -2.57. The summed E-state index contributed by atoms with van der Waals surface area (Å²) in [5.41, 5.74) is 1.59. The van der Waals surface area contributed by atoms with Gasteiger partial charge >= 0.3 is 5.69 Å². The SMILES string of the molecule is Cc1[nH]c(=O)nc2nc(-c3cncc(F)c3)[nH]c12. The highest BCUT2D eigenvalue weighted by Gasteiger charge is 2.10. The molecule has 0 atom stereocenters. The van der Waals surface area contributed by atoms with E-state index < -0.39 is 11.5 Å². The van der Waals surface area contributed by atoms with Crippen LogP contribution < -0.4 is 5.69 Å². The number of H-pyrrole nitrogens is 2. The van der Waals surface area contributed by atoms with Gasteiger partial charge in [-0.2, -0.15) is 4.98 Å². The molecule has 7 heteroatoms. The molecule has 0 aliphatic carbocycles. The quantitative estimate of drug-likeness (QED) is 0.673. The highest BCUT2D eigenvalue weighted by molar-refractivity contribution is 5.77. The normalized spacial score (nSPS) is 11.0. The minimum atomic E-state index is -0.463. The van der Waals surface area contributed by atoms with Crippen molar-refractivity contribution in [1.82, 2.24) is 24.9 Å². The molecule has 3 aromatic heterocycles. The first-order valence-corrected chi connectivity index (χ1v) is 5.21. The molecule has 0 aromatic carbocycles. The van der Waals surface area contributed by atoms with E-state index in [2.05, 4.69) is 24.9 Å². The molecule has 3 heterocycles. The van der Waals surface area contributed by atoms with Gasteiger partial charge in [0.1, 0.15) is 17.2 Å². The molecule has 0 saturated carbocycles. The van der Waals surface area contributed by atoms with Crippen molar-refractivity contribution < 1.29 is 4.39 Å². The summed E-state index contributed by atoms with van der Waals surface area (Å²) in [6.45, 7) is 1.73. The molecule has 0 amide bonds. The molecule has 18 heavy (non-hydrogen) atoms. The van der Waals surface area contributed by atoms with Crippen LogP contribution in [-0.2, 0) is 0 Å². The third-order valence-electron chi connectivity index (χ3n) is 2.54. The first-order chi connectivity index (χ1) is 8.63. The van der Waals surface area contributed by atoms with Crippen LogP contribution in [0.5, 0.6) is 0 Å². The van der Waals surface area contributed by atoms with Gasteiger partial charge in [0.15, 0.2) is 5.65 Å². The maximum atomic E-state index is 13.1. The molecule has 0 radical (unpaired) electrons. The number of imidazole rings is 1. The largest absolute Gasteiger partial charge is 0.347 e. The molecule has 2 N–H and O–H groups in total. The predicted molar refractivity (Wildman–Crippen MR) is 62.4 cm³/mol. The van der Waals surface area contributed by atoms with Crippen molar-refractivity contribution in [2.45, 2.75) is 6.92 Å². The van der Waals surface area contributed by atoms with Crippen LogP contribution in [0.1, 0.15) is 5.69 Å². The fourth-order valence-electron chi connectivity index (χ4n) is 1.73. The van der Waals surface area contributed by atoms with E-state index in [1.807, 2.05) is 0 Å². The maximum absolute atomic E-state index is 13.1. The Balaban J connectivity index is 2.25. The summed E-state index contributed by atoms with van der Waals surface area (Å²) in [4.78, 5) is 28.4. The molecule has 6 nitrogen and oxygen atoms in total. The Morgan fingerprint density at radius 1 is 1.22 bits per heavy atom. The van der Waals surface area contributed by atoms with E-state index in [1.54, 1.807) is 6.92 Å². The van der Waals surface area contributed by atoms with Crippen molar-refractivity contribution in [2.24, 2.45) is 0 Å². The lowest BCUT2D eigenvalue weighted by Crippen LogP contribution is -2.11. The van der Waals surface area contributed by atoms with Crippen LogP contribution in [0.3, 0.4) is 0 Å². The fraction of sp³-hybridized carbons (Fsp3) is 0.0909. The number of aryl methyl sites for hydroxylation is 1. The van der Waals surface area contributed by atoms with Gasteiger partial charge < -0.3 is 9.97 Å². The van der Waals surface area contributed by atoms with E-state index in [9.17, 15) is 9.18 Å². The molecule has 0 spiro atoms. The van der Waals surface area contributed by atoms with E-state index in [4.69, 9.17) is 0 Å². The number of nitrogens with zero attached hydrogens (tertiary/aromatic N) is 3. The van der Waals surface area contributed by atoms with Gasteiger partial charge in [0.05, 0.1) is 6.20 Å². The van der Waals surface area contributed by atoms with Gasteiger partial charge in [-0.15, -0.1) is 0 Å². The minimum Gasteiger partial charge on any atom is -0.335 e. The van der Waals surface area contributed by atoms with Gasteiger partial charge in [-0.25, -0.2) is 14.2 Å². The first kappa shape index (κ1) is 10.6. The summed E-state index contributed by atoms with van der Waals surface area (Å²) in [7, 11) is 0. The van der Waals surface area contributed by atoms with Gasteiger partial charge in [-0.3, -0.25) is 4.98 Å². The number of hydrogen-bond donors (Lipinski definition) is 2. The second-order valence-corrected chi connectivity index (χ2v) is 3.84. The Labute approximate surface area is 99.9 Å². The lowest BCUT2D eigenvalue weighted by atomic mass is 10.3. The van der Waals surface area contributed by atoms with Crippen LogP contribution in [0.4, 0.5) is 4.39 Å². The van der Waals surface area contributed by atoms with Crippen LogP contribution >= 0.6 is 0 Å². The van der Waals surface area contributed by atoms with E-state index in [1.165, 1.54) is 12.3 Å². The van der Waals surface area contributed by atoms with E-state index >= 15 is 0 Å². The number of pyridine rings is 1. The molecule has 0 fully saturated rings. The predicted octanol–water partition coefficient (Wildman–Crippen LogP) is 1.16. The van der Waals surface area contributed by atoms with E-state index in [-0.39, 0.29) is 0 Å². The summed E-state index contributed by atoms with van der Waals surface area (Å²) in [6, 6.07) is 1.31. The molecule has 0 aliphatic heterocycles. The van der Waals surface area contributed by atoms with Crippen molar-refractivity contribution in [3.63, 3.8) is 0 Å². The van der Waals surface area contributed by atoms with E-state index in [0.29, 0.717) is 28.2 Å². The Bertz CT molecular complexity index is 791. The zero-order valence-electron chi connectivity index (χ0n) is 9.36. The van der Waals surface area contributed by atoms with Crippen LogP contribution in [0, 0.1) is 12.7 Å². The van der Waals surface area contributed by atoms with Crippen LogP contribution in [0.2, 0.25) is 0 Å². The smallest absolute Gasteiger partial charge is 0.335 e. The van der Waals surface area contributed by atoms with Gasteiger partial charge in [-0.05, 0) is 13.0 Å². The topological polar surface area (TPSA) is 87.3 Å². The van der Waals surface area contributed by atoms with E-state index in [0.717, 1.165) is 6.20 Å². The number of aromatic nitrogens is 5. The standard InChI is InChI=1S/C11H8FN5O/c1-5-8-10(17-11(18)14-5)16-9(15-8)6-2-7(12)4-13-3-6/h2-4H,1H3,(H2,14,15,16,17,18). The Morgan fingerprint density at radius 2 is 2.06 bits per heavy atom. The zero-order chi connectivity index (χ0) is 12.7. The van der Waals surface area contributed by atoms with Crippen molar-refractivity contribution in [3.05, 3.63) is 40.5 Å². The van der Waals surface area contributed by atoms with Crippen LogP contribution in [-0.4, -0.2) is 24.9 Å². The minimum absolute atomic E-state index is 0.301. The number of hydrogen-bond acceptors (Lipinski definition) is 4. The second-order valence-electron chi connectivity index (χ2n) is 3.84. The van der Waals surface area contributed by atoms with Crippen LogP contribution in [0.25, 0.3) is 22.6 Å². The average Bonchev–Trinajstić information content (AvgIpc) is 2.73. The summed E-state index contributed by atoms with van der Waals surface area (Å²) in [6.07, 6.45) is 2.59. The highest BCUT2D eigenvalue weighted by atomic mass is 19.1. The lowest BCUT2D eigenvalue weighted by molar-refractivity contribution is 0.622. The monoisotopic (exact) mass is 245 g/mol. The van der Waals surface area contributed by atoms with Gasteiger partial charge in [-0.1, -0.05) is 0 Å². The van der Waals surface area contributed by atoms with Crippen molar-refractivity contribution >= 4 is 11.2 Å². The Morgan fingerprint density at radius 3 is 2.83 bits per heavy atom. The molecule has 3 rings (SSSR count). The third kappa shape index (κ3) is 1.65. The van der Waals surface area contributed by atoms with Crippen molar-refractivity contribution in [3.8, 4) is 11.4 Å².